The van der Waals surface area contributed by atoms with Gasteiger partial charge in [0, 0.05) is 11.1 Å². The summed E-state index contributed by atoms with van der Waals surface area (Å²) in [5.74, 6) is 1.95. The molecule has 0 saturated heterocycles. The van der Waals surface area contributed by atoms with E-state index in [1.54, 1.807) is 23.9 Å². The number of para-hydroxylation sites is 1. The summed E-state index contributed by atoms with van der Waals surface area (Å²) in [5, 5.41) is 8.18. The SMILES string of the molecule is COc1cccc(CNn2c(-c3ccccc3)n[nH]c2=S)c1OCc1ccc(Cl)c(Cl)c1. The van der Waals surface area contributed by atoms with Crippen LogP contribution in [0.25, 0.3) is 11.4 Å². The van der Waals surface area contributed by atoms with Gasteiger partial charge >= 0.3 is 0 Å². The summed E-state index contributed by atoms with van der Waals surface area (Å²) in [6.45, 7) is 0.742. The minimum Gasteiger partial charge on any atom is -0.493 e. The van der Waals surface area contributed by atoms with Gasteiger partial charge in [0.15, 0.2) is 17.3 Å². The number of hydrogen-bond acceptors (Lipinski definition) is 5. The van der Waals surface area contributed by atoms with Crippen molar-refractivity contribution in [2.75, 3.05) is 12.5 Å². The van der Waals surface area contributed by atoms with Crippen LogP contribution in [0.3, 0.4) is 0 Å². The first-order chi connectivity index (χ1) is 15.6. The molecular weight excluding hydrogens is 467 g/mol. The second-order valence-corrected chi connectivity index (χ2v) is 8.08. The Kier molecular flexibility index (Phi) is 6.99. The van der Waals surface area contributed by atoms with Gasteiger partial charge in [-0.3, -0.25) is 0 Å². The van der Waals surface area contributed by atoms with E-state index < -0.39 is 0 Å². The van der Waals surface area contributed by atoms with Crippen molar-refractivity contribution in [1.29, 1.82) is 0 Å². The van der Waals surface area contributed by atoms with Crippen LogP contribution in [-0.2, 0) is 13.2 Å². The fourth-order valence-electron chi connectivity index (χ4n) is 3.20. The number of nitrogens with zero attached hydrogens (tertiary/aromatic N) is 2. The lowest BCUT2D eigenvalue weighted by Crippen LogP contribution is -2.16. The molecule has 0 amide bonds. The van der Waals surface area contributed by atoms with Crippen LogP contribution in [0, 0.1) is 4.77 Å². The molecule has 164 valence electrons. The summed E-state index contributed by atoms with van der Waals surface area (Å²) < 4.78 is 13.9. The minimum absolute atomic E-state index is 0.310. The first kappa shape index (κ1) is 22.2. The lowest BCUT2D eigenvalue weighted by atomic mass is 10.2. The summed E-state index contributed by atoms with van der Waals surface area (Å²) in [5.41, 5.74) is 6.06. The van der Waals surface area contributed by atoms with E-state index in [4.69, 9.17) is 44.9 Å². The van der Waals surface area contributed by atoms with E-state index in [0.29, 0.717) is 45.3 Å². The average molecular weight is 487 g/mol. The summed E-state index contributed by atoms with van der Waals surface area (Å²) in [6.07, 6.45) is 0. The molecule has 4 aromatic rings. The lowest BCUT2D eigenvalue weighted by Gasteiger charge is -2.17. The molecule has 9 heteroatoms. The summed E-state index contributed by atoms with van der Waals surface area (Å²) in [6, 6.07) is 20.9. The molecule has 0 saturated carbocycles. The molecule has 0 bridgehead atoms. The van der Waals surface area contributed by atoms with E-state index in [0.717, 1.165) is 16.7 Å². The fourth-order valence-corrected chi connectivity index (χ4v) is 3.72. The Hall–Kier alpha value is -3.00. The lowest BCUT2D eigenvalue weighted by molar-refractivity contribution is 0.281. The van der Waals surface area contributed by atoms with Crippen LogP contribution >= 0.6 is 35.4 Å². The maximum absolute atomic E-state index is 6.13. The van der Waals surface area contributed by atoms with Crippen molar-refractivity contribution in [3.8, 4) is 22.9 Å². The van der Waals surface area contributed by atoms with Crippen molar-refractivity contribution in [2.45, 2.75) is 13.2 Å². The molecule has 32 heavy (non-hydrogen) atoms. The molecule has 0 atom stereocenters. The predicted octanol–water partition coefficient (Wildman–Crippen LogP) is 6.25. The molecule has 0 radical (unpaired) electrons. The fraction of sp³-hybridized carbons (Fsp3) is 0.130. The van der Waals surface area contributed by atoms with Gasteiger partial charge in [-0.1, -0.05) is 71.7 Å². The van der Waals surface area contributed by atoms with Crippen LogP contribution < -0.4 is 14.9 Å². The van der Waals surface area contributed by atoms with Gasteiger partial charge in [-0.25, -0.2) is 9.77 Å². The predicted molar refractivity (Wildman–Crippen MR) is 130 cm³/mol. The van der Waals surface area contributed by atoms with Crippen molar-refractivity contribution in [1.82, 2.24) is 14.9 Å². The summed E-state index contributed by atoms with van der Waals surface area (Å²) in [7, 11) is 1.61. The van der Waals surface area contributed by atoms with E-state index in [2.05, 4.69) is 15.6 Å². The Morgan fingerprint density at radius 2 is 1.84 bits per heavy atom. The van der Waals surface area contributed by atoms with Crippen molar-refractivity contribution in [3.05, 3.63) is 92.7 Å². The van der Waals surface area contributed by atoms with E-state index in [-0.39, 0.29) is 0 Å². The van der Waals surface area contributed by atoms with Crippen LogP contribution in [0.2, 0.25) is 10.0 Å². The van der Waals surface area contributed by atoms with Gasteiger partial charge in [0.05, 0.1) is 23.7 Å². The van der Waals surface area contributed by atoms with Gasteiger partial charge in [0.2, 0.25) is 4.77 Å². The van der Waals surface area contributed by atoms with Gasteiger partial charge in [-0.05, 0) is 36.0 Å². The second-order valence-electron chi connectivity index (χ2n) is 6.87. The number of benzene rings is 3. The highest BCUT2D eigenvalue weighted by atomic mass is 35.5. The van der Waals surface area contributed by atoms with Gasteiger partial charge in [0.25, 0.3) is 0 Å². The van der Waals surface area contributed by atoms with Gasteiger partial charge < -0.3 is 14.9 Å². The zero-order valence-electron chi connectivity index (χ0n) is 17.1. The minimum atomic E-state index is 0.310. The molecule has 1 aromatic heterocycles. The van der Waals surface area contributed by atoms with Crippen molar-refractivity contribution < 1.29 is 9.47 Å². The molecule has 4 rings (SSSR count). The normalized spacial score (nSPS) is 10.7. The molecule has 0 aliphatic carbocycles. The molecule has 2 N–H and O–H groups in total. The van der Waals surface area contributed by atoms with E-state index in [9.17, 15) is 0 Å². The highest BCUT2D eigenvalue weighted by Gasteiger charge is 2.14. The number of hydrogen-bond donors (Lipinski definition) is 2. The molecule has 0 fully saturated rings. The van der Waals surface area contributed by atoms with Crippen LogP contribution in [-0.4, -0.2) is 22.0 Å². The zero-order valence-corrected chi connectivity index (χ0v) is 19.5. The van der Waals surface area contributed by atoms with Crippen molar-refractivity contribution in [3.63, 3.8) is 0 Å². The van der Waals surface area contributed by atoms with E-state index >= 15 is 0 Å². The number of halogens is 2. The van der Waals surface area contributed by atoms with Gasteiger partial charge in [-0.2, -0.15) is 5.10 Å². The third-order valence-electron chi connectivity index (χ3n) is 4.78. The van der Waals surface area contributed by atoms with Crippen LogP contribution in [0.4, 0.5) is 0 Å². The highest BCUT2D eigenvalue weighted by molar-refractivity contribution is 7.71. The first-order valence-electron chi connectivity index (χ1n) is 9.76. The van der Waals surface area contributed by atoms with E-state index in [1.165, 1.54) is 0 Å². The average Bonchev–Trinajstić information content (AvgIpc) is 3.19. The maximum atomic E-state index is 6.13. The Morgan fingerprint density at radius 1 is 1.03 bits per heavy atom. The largest absolute Gasteiger partial charge is 0.493 e. The standard InChI is InChI=1S/C23H20Cl2N4O2S/c1-30-20-9-5-8-17(21(20)31-14-15-10-11-18(24)19(25)12-15)13-26-29-22(27-28-23(29)32)16-6-3-2-4-7-16/h2-12,26H,13-14H2,1H3,(H,28,32). The molecule has 3 aromatic carbocycles. The first-order valence-corrected chi connectivity index (χ1v) is 10.9. The third kappa shape index (κ3) is 4.91. The Balaban J connectivity index is 1.57. The second kappa shape index (κ2) is 10.1. The van der Waals surface area contributed by atoms with Crippen LogP contribution in [0.1, 0.15) is 11.1 Å². The van der Waals surface area contributed by atoms with Gasteiger partial charge in [-0.15, -0.1) is 0 Å². The molecule has 0 spiro atoms. The Morgan fingerprint density at radius 3 is 2.59 bits per heavy atom. The highest BCUT2D eigenvalue weighted by Crippen LogP contribution is 2.32. The molecular formula is C23H20Cl2N4O2S. The monoisotopic (exact) mass is 486 g/mol. The number of aromatic nitrogens is 3. The van der Waals surface area contributed by atoms with Crippen LogP contribution in [0.15, 0.2) is 66.7 Å². The van der Waals surface area contributed by atoms with Gasteiger partial charge in [0.1, 0.15) is 6.61 Å². The molecule has 0 aliphatic heterocycles. The number of ether oxygens (including phenoxy) is 2. The van der Waals surface area contributed by atoms with E-state index in [1.807, 2.05) is 54.6 Å². The topological polar surface area (TPSA) is 64.1 Å². The summed E-state index contributed by atoms with van der Waals surface area (Å²) >= 11 is 17.6. The molecule has 0 aliphatic rings. The Bertz CT molecular complexity index is 1270. The number of rotatable bonds is 8. The smallest absolute Gasteiger partial charge is 0.214 e. The van der Waals surface area contributed by atoms with Crippen molar-refractivity contribution >= 4 is 35.4 Å². The van der Waals surface area contributed by atoms with Crippen LogP contribution in [0.5, 0.6) is 11.5 Å². The number of nitrogens with one attached hydrogen (secondary N) is 2. The molecule has 0 unspecified atom stereocenters. The zero-order chi connectivity index (χ0) is 22.5. The molecule has 6 nitrogen and oxygen atoms in total. The Labute approximate surface area is 200 Å². The molecule has 1 heterocycles. The number of H-pyrrole nitrogens is 1. The summed E-state index contributed by atoms with van der Waals surface area (Å²) in [4.78, 5) is 0. The quantitative estimate of drug-likeness (QED) is 0.288. The third-order valence-corrected chi connectivity index (χ3v) is 5.79. The number of aromatic amines is 1. The van der Waals surface area contributed by atoms with Crippen molar-refractivity contribution in [2.24, 2.45) is 0 Å². The number of methoxy groups -OCH3 is 1. The maximum Gasteiger partial charge on any atom is 0.214 e.